The van der Waals surface area contributed by atoms with Gasteiger partial charge >= 0.3 is 0 Å². The maximum atomic E-state index is 5.71. The van der Waals surface area contributed by atoms with Gasteiger partial charge in [0.2, 0.25) is 0 Å². The molecule has 0 aliphatic carbocycles. The van der Waals surface area contributed by atoms with Crippen molar-refractivity contribution in [2.75, 3.05) is 6.54 Å². The Bertz CT molecular complexity index is 269. The van der Waals surface area contributed by atoms with Crippen molar-refractivity contribution in [2.45, 2.75) is 13.0 Å². The van der Waals surface area contributed by atoms with Gasteiger partial charge in [-0.1, -0.05) is 23.2 Å². The third-order valence-electron chi connectivity index (χ3n) is 1.67. The summed E-state index contributed by atoms with van der Waals surface area (Å²) in [4.78, 5) is 0. The van der Waals surface area contributed by atoms with Gasteiger partial charge < -0.3 is 9.73 Å². The van der Waals surface area contributed by atoms with Gasteiger partial charge in [-0.15, -0.1) is 0 Å². The predicted molar refractivity (Wildman–Crippen MR) is 54.9 cm³/mol. The van der Waals surface area contributed by atoms with Crippen LogP contribution in [0.25, 0.3) is 0 Å². The molecule has 0 saturated heterocycles. The fraction of sp³-hybridized carbons (Fsp3) is 0.333. The van der Waals surface area contributed by atoms with Crippen LogP contribution in [0.15, 0.2) is 33.4 Å². The number of nitrogens with one attached hydrogen (secondary N) is 1. The lowest BCUT2D eigenvalue weighted by atomic mass is 10.2. The van der Waals surface area contributed by atoms with E-state index < -0.39 is 0 Å². The first-order valence-electron chi connectivity index (χ1n) is 3.95. The minimum absolute atomic E-state index is 0.139. The Morgan fingerprint density at radius 2 is 2.54 bits per heavy atom. The Morgan fingerprint density at radius 1 is 1.77 bits per heavy atom. The van der Waals surface area contributed by atoms with Crippen LogP contribution in [0.3, 0.4) is 0 Å². The quantitative estimate of drug-likeness (QED) is 0.842. The van der Waals surface area contributed by atoms with Crippen LogP contribution in [0, 0.1) is 0 Å². The monoisotopic (exact) mass is 219 g/mol. The third-order valence-corrected chi connectivity index (χ3v) is 2.28. The van der Waals surface area contributed by atoms with Crippen LogP contribution < -0.4 is 5.32 Å². The number of hydrogen-bond donors (Lipinski definition) is 1. The van der Waals surface area contributed by atoms with E-state index in [4.69, 9.17) is 27.6 Å². The van der Waals surface area contributed by atoms with Crippen LogP contribution >= 0.6 is 23.2 Å². The highest BCUT2D eigenvalue weighted by atomic mass is 35.5. The Morgan fingerprint density at radius 3 is 3.08 bits per heavy atom. The van der Waals surface area contributed by atoms with E-state index in [9.17, 15) is 0 Å². The van der Waals surface area contributed by atoms with E-state index in [0.29, 0.717) is 11.6 Å². The molecule has 0 aromatic carbocycles. The van der Waals surface area contributed by atoms with Crippen molar-refractivity contribution < 1.29 is 4.42 Å². The van der Waals surface area contributed by atoms with Gasteiger partial charge in [-0.2, -0.15) is 0 Å². The summed E-state index contributed by atoms with van der Waals surface area (Å²) in [5.74, 6) is 0.888. The van der Waals surface area contributed by atoms with Crippen molar-refractivity contribution in [2.24, 2.45) is 0 Å². The Kier molecular flexibility index (Phi) is 4.36. The van der Waals surface area contributed by atoms with Crippen molar-refractivity contribution in [3.8, 4) is 0 Å². The Balaban J connectivity index is 2.38. The maximum Gasteiger partial charge on any atom is 0.120 e. The molecular formula is C9H11Cl2NO. The van der Waals surface area contributed by atoms with Crippen molar-refractivity contribution in [3.05, 3.63) is 34.7 Å². The smallest absolute Gasteiger partial charge is 0.120 e. The average molecular weight is 220 g/mol. The van der Waals surface area contributed by atoms with E-state index in [2.05, 4.69) is 5.32 Å². The molecule has 0 unspecified atom stereocenters. The van der Waals surface area contributed by atoms with Crippen molar-refractivity contribution >= 4 is 23.2 Å². The summed E-state index contributed by atoms with van der Waals surface area (Å²) in [6.45, 7) is 2.55. The summed E-state index contributed by atoms with van der Waals surface area (Å²) >= 11 is 11.1. The van der Waals surface area contributed by atoms with Crippen LogP contribution in [0.4, 0.5) is 0 Å². The van der Waals surface area contributed by atoms with E-state index in [1.807, 2.05) is 19.1 Å². The minimum atomic E-state index is 0.139. The van der Waals surface area contributed by atoms with Gasteiger partial charge in [-0.25, -0.2) is 0 Å². The van der Waals surface area contributed by atoms with Gasteiger partial charge in [0.1, 0.15) is 5.76 Å². The summed E-state index contributed by atoms with van der Waals surface area (Å²) in [5, 5.41) is 3.74. The standard InChI is InChI=1S/C9H11Cl2NO/c1-7(9-3-2-4-13-9)12-6-8(11)5-10/h2-5,7,12H,6H2,1H3/b8-5-/t7-/m0/s1. The van der Waals surface area contributed by atoms with E-state index in [1.54, 1.807) is 6.26 Å². The second-order valence-electron chi connectivity index (χ2n) is 2.67. The topological polar surface area (TPSA) is 25.2 Å². The molecule has 1 aromatic rings. The predicted octanol–water partition coefficient (Wildman–Crippen LogP) is 3.25. The first kappa shape index (κ1) is 10.6. The van der Waals surface area contributed by atoms with Crippen molar-refractivity contribution in [1.29, 1.82) is 0 Å². The Labute approximate surface area is 87.5 Å². The molecule has 1 rings (SSSR count). The van der Waals surface area contributed by atoms with E-state index in [-0.39, 0.29) is 6.04 Å². The highest BCUT2D eigenvalue weighted by Crippen LogP contribution is 2.13. The SMILES string of the molecule is C[C@H](NC/C(Cl)=C/Cl)c1ccco1. The summed E-state index contributed by atoms with van der Waals surface area (Å²) in [7, 11) is 0. The van der Waals surface area contributed by atoms with E-state index >= 15 is 0 Å². The van der Waals surface area contributed by atoms with E-state index in [1.165, 1.54) is 5.54 Å². The molecule has 0 bridgehead atoms. The Hall–Kier alpha value is -0.440. The second kappa shape index (κ2) is 5.32. The number of halogens is 2. The van der Waals surface area contributed by atoms with Gasteiger partial charge in [0.15, 0.2) is 0 Å². The lowest BCUT2D eigenvalue weighted by Crippen LogP contribution is -2.19. The second-order valence-corrected chi connectivity index (χ2v) is 3.38. The molecule has 0 radical (unpaired) electrons. The molecule has 0 fully saturated rings. The number of rotatable bonds is 4. The van der Waals surface area contributed by atoms with Gasteiger partial charge in [0.05, 0.1) is 12.3 Å². The molecule has 4 heteroatoms. The molecule has 13 heavy (non-hydrogen) atoms. The van der Waals surface area contributed by atoms with E-state index in [0.717, 1.165) is 5.76 Å². The average Bonchev–Trinajstić information content (AvgIpc) is 2.66. The fourth-order valence-electron chi connectivity index (χ4n) is 0.927. The first-order chi connectivity index (χ1) is 6.24. The van der Waals surface area contributed by atoms with Crippen molar-refractivity contribution in [1.82, 2.24) is 5.32 Å². The zero-order valence-corrected chi connectivity index (χ0v) is 8.77. The molecule has 1 aromatic heterocycles. The summed E-state index contributed by atoms with van der Waals surface area (Å²) in [6, 6.07) is 3.91. The summed E-state index contributed by atoms with van der Waals surface area (Å²) in [5.41, 5.74) is 1.35. The molecule has 1 atom stereocenters. The lowest BCUT2D eigenvalue weighted by Gasteiger charge is -2.09. The molecule has 0 aliphatic rings. The fourth-order valence-corrected chi connectivity index (χ4v) is 1.08. The maximum absolute atomic E-state index is 5.71. The molecule has 0 saturated carbocycles. The van der Waals surface area contributed by atoms with Crippen molar-refractivity contribution in [3.63, 3.8) is 0 Å². The third kappa shape index (κ3) is 3.43. The molecule has 1 heterocycles. The van der Waals surface area contributed by atoms with Crippen LogP contribution in [0.2, 0.25) is 0 Å². The van der Waals surface area contributed by atoms with Gasteiger partial charge in [0.25, 0.3) is 0 Å². The first-order valence-corrected chi connectivity index (χ1v) is 4.77. The lowest BCUT2D eigenvalue weighted by molar-refractivity contribution is 0.441. The molecule has 72 valence electrons. The number of furan rings is 1. The zero-order valence-electron chi connectivity index (χ0n) is 7.26. The van der Waals surface area contributed by atoms with Gasteiger partial charge in [-0.05, 0) is 19.1 Å². The number of hydrogen-bond acceptors (Lipinski definition) is 2. The summed E-state index contributed by atoms with van der Waals surface area (Å²) < 4.78 is 5.20. The molecule has 0 aliphatic heterocycles. The largest absolute Gasteiger partial charge is 0.468 e. The molecule has 0 spiro atoms. The molecular weight excluding hydrogens is 209 g/mol. The normalized spacial score (nSPS) is 14.5. The molecule has 1 N–H and O–H groups in total. The minimum Gasteiger partial charge on any atom is -0.468 e. The zero-order chi connectivity index (χ0) is 9.68. The highest BCUT2D eigenvalue weighted by Gasteiger charge is 2.06. The molecule has 0 amide bonds. The summed E-state index contributed by atoms with van der Waals surface area (Å²) in [6.07, 6.45) is 1.65. The van der Waals surface area contributed by atoms with Gasteiger partial charge in [-0.3, -0.25) is 0 Å². The van der Waals surface area contributed by atoms with Crippen LogP contribution in [0.1, 0.15) is 18.7 Å². The highest BCUT2D eigenvalue weighted by molar-refractivity contribution is 6.36. The van der Waals surface area contributed by atoms with Crippen LogP contribution in [-0.4, -0.2) is 6.54 Å². The van der Waals surface area contributed by atoms with Crippen LogP contribution in [-0.2, 0) is 0 Å². The van der Waals surface area contributed by atoms with Gasteiger partial charge in [0, 0.05) is 17.1 Å². The molecule has 2 nitrogen and oxygen atoms in total. The van der Waals surface area contributed by atoms with Crippen LogP contribution in [0.5, 0.6) is 0 Å².